The summed E-state index contributed by atoms with van der Waals surface area (Å²) in [6, 6.07) is 14.1. The normalized spacial score (nSPS) is 10.8. The molecular formula is C20H25FN2O3. The number of hydrogen-bond acceptors (Lipinski definition) is 4. The summed E-state index contributed by atoms with van der Waals surface area (Å²) in [4.78, 5) is 13.8. The Morgan fingerprint density at radius 1 is 1.12 bits per heavy atom. The molecule has 0 aromatic heterocycles. The number of hydrogen-bond donors (Lipinski definition) is 1. The van der Waals surface area contributed by atoms with Crippen LogP contribution in [0.2, 0.25) is 0 Å². The van der Waals surface area contributed by atoms with E-state index in [4.69, 9.17) is 9.47 Å². The Morgan fingerprint density at radius 3 is 2.54 bits per heavy atom. The first kappa shape index (κ1) is 19.9. The lowest BCUT2D eigenvalue weighted by Crippen LogP contribution is -2.34. The fraction of sp³-hybridized carbons (Fsp3) is 0.350. The van der Waals surface area contributed by atoms with Crippen LogP contribution in [0.3, 0.4) is 0 Å². The average Bonchev–Trinajstić information content (AvgIpc) is 2.63. The Labute approximate surface area is 153 Å². The van der Waals surface area contributed by atoms with E-state index in [2.05, 4.69) is 5.32 Å². The van der Waals surface area contributed by atoms with Gasteiger partial charge in [0.1, 0.15) is 18.2 Å². The zero-order valence-corrected chi connectivity index (χ0v) is 15.2. The first-order valence-electron chi connectivity index (χ1n) is 8.48. The summed E-state index contributed by atoms with van der Waals surface area (Å²) in [6.45, 7) is 2.06. The van der Waals surface area contributed by atoms with Crippen LogP contribution in [0, 0.1) is 5.82 Å². The maximum Gasteiger partial charge on any atom is 0.234 e. The summed E-state index contributed by atoms with van der Waals surface area (Å²) in [5, 5.41) is 2.87. The summed E-state index contributed by atoms with van der Waals surface area (Å²) in [6.07, 6.45) is 0. The van der Waals surface area contributed by atoms with Crippen molar-refractivity contribution in [3.8, 4) is 5.75 Å². The van der Waals surface area contributed by atoms with Crippen LogP contribution in [-0.2, 0) is 22.6 Å². The minimum atomic E-state index is -0.257. The van der Waals surface area contributed by atoms with Gasteiger partial charge in [-0.25, -0.2) is 4.39 Å². The van der Waals surface area contributed by atoms with E-state index in [0.717, 1.165) is 11.3 Å². The van der Waals surface area contributed by atoms with Crippen LogP contribution < -0.4 is 10.1 Å². The molecule has 0 aliphatic rings. The van der Waals surface area contributed by atoms with Crippen LogP contribution in [0.1, 0.15) is 11.1 Å². The summed E-state index contributed by atoms with van der Waals surface area (Å²) in [5.74, 6) is 0.401. The fourth-order valence-corrected chi connectivity index (χ4v) is 2.42. The van der Waals surface area contributed by atoms with Gasteiger partial charge in [-0.3, -0.25) is 9.69 Å². The number of benzene rings is 2. The summed E-state index contributed by atoms with van der Waals surface area (Å²) in [7, 11) is 3.42. The Morgan fingerprint density at radius 2 is 1.85 bits per heavy atom. The number of rotatable bonds is 10. The van der Waals surface area contributed by atoms with Crippen LogP contribution in [0.25, 0.3) is 0 Å². The largest absolute Gasteiger partial charge is 0.491 e. The van der Waals surface area contributed by atoms with Crippen LogP contribution in [0.5, 0.6) is 5.75 Å². The van der Waals surface area contributed by atoms with E-state index in [-0.39, 0.29) is 18.3 Å². The highest BCUT2D eigenvalue weighted by molar-refractivity contribution is 5.77. The number of carbonyl (C=O) groups excluding carboxylic acids is 1. The zero-order chi connectivity index (χ0) is 18.8. The molecule has 0 heterocycles. The average molecular weight is 360 g/mol. The predicted octanol–water partition coefficient (Wildman–Crippen LogP) is 2.60. The van der Waals surface area contributed by atoms with Gasteiger partial charge in [0.25, 0.3) is 0 Å². The van der Waals surface area contributed by atoms with Gasteiger partial charge in [0, 0.05) is 25.8 Å². The predicted molar refractivity (Wildman–Crippen MR) is 98.4 cm³/mol. The highest BCUT2D eigenvalue weighted by Crippen LogP contribution is 2.12. The van der Waals surface area contributed by atoms with E-state index >= 15 is 0 Å². The van der Waals surface area contributed by atoms with Gasteiger partial charge >= 0.3 is 0 Å². The molecule has 6 heteroatoms. The van der Waals surface area contributed by atoms with Crippen molar-refractivity contribution in [3.05, 3.63) is 65.5 Å². The molecule has 0 saturated heterocycles. The van der Waals surface area contributed by atoms with Gasteiger partial charge in [0.15, 0.2) is 0 Å². The van der Waals surface area contributed by atoms with Crippen LogP contribution in [0.4, 0.5) is 4.39 Å². The zero-order valence-electron chi connectivity index (χ0n) is 15.2. The third-order valence-electron chi connectivity index (χ3n) is 3.78. The molecule has 0 radical (unpaired) electrons. The van der Waals surface area contributed by atoms with Crippen molar-refractivity contribution in [2.24, 2.45) is 0 Å². The molecule has 5 nitrogen and oxygen atoms in total. The molecule has 0 atom stereocenters. The number of amides is 1. The lowest BCUT2D eigenvalue weighted by atomic mass is 10.2. The minimum absolute atomic E-state index is 0.107. The maximum atomic E-state index is 13.6. The fourth-order valence-electron chi connectivity index (χ4n) is 2.42. The lowest BCUT2D eigenvalue weighted by Gasteiger charge is -2.16. The molecule has 2 rings (SSSR count). The number of nitrogens with one attached hydrogen (secondary N) is 1. The second-order valence-corrected chi connectivity index (χ2v) is 6.03. The third kappa shape index (κ3) is 6.82. The standard InChI is InChI=1S/C20H25FN2O3/c1-23(14-17-5-3-4-6-19(17)21)15-20(24)22-13-16-7-9-18(10-8-16)26-12-11-25-2/h3-10H,11-15H2,1-2H3,(H,22,24). The topological polar surface area (TPSA) is 50.8 Å². The second-order valence-electron chi connectivity index (χ2n) is 6.03. The molecule has 0 aliphatic carbocycles. The number of nitrogens with zero attached hydrogens (tertiary/aromatic N) is 1. The number of carbonyl (C=O) groups is 1. The van der Waals surface area contributed by atoms with Crippen LogP contribution in [-0.4, -0.2) is 44.7 Å². The maximum absolute atomic E-state index is 13.6. The number of likely N-dealkylation sites (N-methyl/N-ethyl adjacent to an activating group) is 1. The van der Waals surface area contributed by atoms with Crippen molar-refractivity contribution in [2.75, 3.05) is 33.9 Å². The van der Waals surface area contributed by atoms with Gasteiger partial charge in [-0.1, -0.05) is 30.3 Å². The van der Waals surface area contributed by atoms with Gasteiger partial charge in [0.2, 0.25) is 5.91 Å². The number of ether oxygens (including phenoxy) is 2. The number of halogens is 1. The van der Waals surface area contributed by atoms with Crippen molar-refractivity contribution in [2.45, 2.75) is 13.1 Å². The molecular weight excluding hydrogens is 335 g/mol. The molecule has 26 heavy (non-hydrogen) atoms. The molecule has 2 aromatic rings. The van der Waals surface area contributed by atoms with E-state index in [9.17, 15) is 9.18 Å². The summed E-state index contributed by atoms with van der Waals surface area (Å²) < 4.78 is 24.1. The van der Waals surface area contributed by atoms with Gasteiger partial charge < -0.3 is 14.8 Å². The Balaban J connectivity index is 1.73. The van der Waals surface area contributed by atoms with E-state index in [1.807, 2.05) is 24.3 Å². The van der Waals surface area contributed by atoms with Gasteiger partial charge in [-0.05, 0) is 30.8 Å². The molecule has 0 spiro atoms. The highest BCUT2D eigenvalue weighted by atomic mass is 19.1. The van der Waals surface area contributed by atoms with Crippen molar-refractivity contribution in [3.63, 3.8) is 0 Å². The smallest absolute Gasteiger partial charge is 0.234 e. The van der Waals surface area contributed by atoms with E-state index < -0.39 is 0 Å². The lowest BCUT2D eigenvalue weighted by molar-refractivity contribution is -0.122. The first-order valence-corrected chi connectivity index (χ1v) is 8.48. The quantitative estimate of drug-likeness (QED) is 0.662. The van der Waals surface area contributed by atoms with E-state index in [1.54, 1.807) is 37.3 Å². The molecule has 0 aliphatic heterocycles. The van der Waals surface area contributed by atoms with Gasteiger partial charge in [-0.15, -0.1) is 0 Å². The molecule has 0 saturated carbocycles. The van der Waals surface area contributed by atoms with Crippen molar-refractivity contribution < 1.29 is 18.7 Å². The Kier molecular flexibility index (Phi) is 8.05. The van der Waals surface area contributed by atoms with E-state index in [1.165, 1.54) is 6.07 Å². The monoisotopic (exact) mass is 360 g/mol. The Bertz CT molecular complexity index is 692. The van der Waals surface area contributed by atoms with Crippen LogP contribution >= 0.6 is 0 Å². The van der Waals surface area contributed by atoms with Crippen molar-refractivity contribution in [1.82, 2.24) is 10.2 Å². The van der Waals surface area contributed by atoms with Crippen molar-refractivity contribution in [1.29, 1.82) is 0 Å². The van der Waals surface area contributed by atoms with Crippen LogP contribution in [0.15, 0.2) is 48.5 Å². The second kappa shape index (κ2) is 10.5. The molecule has 2 aromatic carbocycles. The Hall–Kier alpha value is -2.44. The summed E-state index contributed by atoms with van der Waals surface area (Å²) in [5.41, 5.74) is 1.56. The molecule has 140 valence electrons. The van der Waals surface area contributed by atoms with E-state index in [0.29, 0.717) is 31.9 Å². The molecule has 0 bridgehead atoms. The van der Waals surface area contributed by atoms with Crippen molar-refractivity contribution >= 4 is 5.91 Å². The third-order valence-corrected chi connectivity index (χ3v) is 3.78. The van der Waals surface area contributed by atoms with Gasteiger partial charge in [-0.2, -0.15) is 0 Å². The summed E-state index contributed by atoms with van der Waals surface area (Å²) >= 11 is 0. The molecule has 0 fully saturated rings. The molecule has 0 unspecified atom stereocenters. The highest BCUT2D eigenvalue weighted by Gasteiger charge is 2.09. The number of methoxy groups -OCH3 is 1. The minimum Gasteiger partial charge on any atom is -0.491 e. The van der Waals surface area contributed by atoms with Gasteiger partial charge in [0.05, 0.1) is 13.2 Å². The SMILES string of the molecule is COCCOc1ccc(CNC(=O)CN(C)Cc2ccccc2F)cc1. The first-order chi connectivity index (χ1) is 12.6. The molecule has 1 amide bonds. The molecule has 1 N–H and O–H groups in total.